The Labute approximate surface area is 161 Å². The maximum absolute atomic E-state index is 11.0. The molecule has 2 aromatic carbocycles. The van der Waals surface area contributed by atoms with Crippen LogP contribution in [0, 0.1) is 10.1 Å². The Balaban J connectivity index is 2.00. The Morgan fingerprint density at radius 2 is 2.11 bits per heavy atom. The summed E-state index contributed by atoms with van der Waals surface area (Å²) in [7, 11) is 1.54. The molecular formula is C18H18N4O4S. The lowest BCUT2D eigenvalue weighted by atomic mass is 10.2. The van der Waals surface area contributed by atoms with Crippen LogP contribution in [0.25, 0.3) is 0 Å². The van der Waals surface area contributed by atoms with Gasteiger partial charge in [-0.25, -0.2) is 0 Å². The van der Waals surface area contributed by atoms with Crippen molar-refractivity contribution >= 4 is 34.9 Å². The highest BCUT2D eigenvalue weighted by Crippen LogP contribution is 2.27. The molecule has 0 heterocycles. The van der Waals surface area contributed by atoms with Crippen molar-refractivity contribution in [2.75, 3.05) is 19.0 Å². The van der Waals surface area contributed by atoms with Gasteiger partial charge in [0.25, 0.3) is 5.69 Å². The van der Waals surface area contributed by atoms with Crippen LogP contribution in [0.15, 0.2) is 60.2 Å². The van der Waals surface area contributed by atoms with Crippen LogP contribution < -0.4 is 20.2 Å². The minimum atomic E-state index is -0.490. The van der Waals surface area contributed by atoms with Crippen molar-refractivity contribution in [1.82, 2.24) is 5.43 Å². The summed E-state index contributed by atoms with van der Waals surface area (Å²) in [6, 6.07) is 11.5. The molecule has 0 aliphatic carbocycles. The van der Waals surface area contributed by atoms with E-state index >= 15 is 0 Å². The molecule has 0 aliphatic heterocycles. The van der Waals surface area contributed by atoms with Crippen molar-refractivity contribution in [3.8, 4) is 11.5 Å². The molecule has 0 bridgehead atoms. The quantitative estimate of drug-likeness (QED) is 0.236. The maximum Gasteiger partial charge on any atom is 0.292 e. The molecule has 0 spiro atoms. The third-order valence-electron chi connectivity index (χ3n) is 3.27. The van der Waals surface area contributed by atoms with E-state index in [0.29, 0.717) is 18.1 Å². The molecule has 9 heteroatoms. The fourth-order valence-corrected chi connectivity index (χ4v) is 2.25. The first-order valence-electron chi connectivity index (χ1n) is 7.80. The zero-order valence-corrected chi connectivity index (χ0v) is 15.4. The van der Waals surface area contributed by atoms with Gasteiger partial charge < -0.3 is 14.8 Å². The Morgan fingerprint density at radius 1 is 1.33 bits per heavy atom. The highest BCUT2D eigenvalue weighted by atomic mass is 32.1. The molecule has 0 saturated carbocycles. The second kappa shape index (κ2) is 9.88. The number of hydrogen-bond acceptors (Lipinski definition) is 6. The van der Waals surface area contributed by atoms with Crippen LogP contribution in [-0.2, 0) is 0 Å². The average molecular weight is 386 g/mol. The number of benzene rings is 2. The van der Waals surface area contributed by atoms with Crippen LogP contribution >= 0.6 is 12.2 Å². The normalized spacial score (nSPS) is 10.3. The van der Waals surface area contributed by atoms with E-state index < -0.39 is 4.92 Å². The Bertz CT molecular complexity index is 870. The fraction of sp³-hybridized carbons (Fsp3) is 0.111. The van der Waals surface area contributed by atoms with Crippen molar-refractivity contribution in [2.24, 2.45) is 5.10 Å². The standard InChI is InChI=1S/C18H18N4O4S/c1-3-10-26-16-9-8-13(11-17(16)25-2)12-19-21-18(27)20-14-6-4-5-7-15(14)22(23)24/h3-9,11-12H,1,10H2,2H3,(H2,20,21,27)/b19-12-. The molecule has 2 N–H and O–H groups in total. The van der Waals surface area contributed by atoms with Crippen LogP contribution in [0.5, 0.6) is 11.5 Å². The number of methoxy groups -OCH3 is 1. The van der Waals surface area contributed by atoms with Crippen molar-refractivity contribution in [2.45, 2.75) is 0 Å². The lowest BCUT2D eigenvalue weighted by Gasteiger charge is -2.10. The van der Waals surface area contributed by atoms with Crippen molar-refractivity contribution in [3.63, 3.8) is 0 Å². The highest BCUT2D eigenvalue weighted by Gasteiger charge is 2.12. The molecule has 2 rings (SSSR count). The number of thiocarbonyl (C=S) groups is 1. The number of nitro benzene ring substituents is 1. The van der Waals surface area contributed by atoms with Gasteiger partial charge in [-0.3, -0.25) is 15.5 Å². The van der Waals surface area contributed by atoms with E-state index in [1.165, 1.54) is 12.3 Å². The maximum atomic E-state index is 11.0. The SMILES string of the molecule is C=CCOc1ccc(/C=N\NC(=S)Nc2ccccc2[N+](=O)[O-])cc1OC. The van der Waals surface area contributed by atoms with Gasteiger partial charge in [-0.2, -0.15) is 5.10 Å². The Hall–Kier alpha value is -3.46. The van der Waals surface area contributed by atoms with E-state index in [9.17, 15) is 10.1 Å². The van der Waals surface area contributed by atoms with Crippen molar-refractivity contribution in [1.29, 1.82) is 0 Å². The molecule has 0 aliphatic rings. The van der Waals surface area contributed by atoms with E-state index in [1.807, 2.05) is 0 Å². The van der Waals surface area contributed by atoms with Gasteiger partial charge in [-0.05, 0) is 42.0 Å². The van der Waals surface area contributed by atoms with E-state index in [0.717, 1.165) is 5.56 Å². The van der Waals surface area contributed by atoms with Gasteiger partial charge in [-0.1, -0.05) is 24.8 Å². The molecule has 2 aromatic rings. The summed E-state index contributed by atoms with van der Waals surface area (Å²) < 4.78 is 10.8. The summed E-state index contributed by atoms with van der Waals surface area (Å²) in [5.41, 5.74) is 3.56. The number of hydrogen-bond donors (Lipinski definition) is 2. The monoisotopic (exact) mass is 386 g/mol. The molecule has 0 aromatic heterocycles. The van der Waals surface area contributed by atoms with Crippen LogP contribution in [0.1, 0.15) is 5.56 Å². The summed E-state index contributed by atoms with van der Waals surface area (Å²) in [4.78, 5) is 10.5. The average Bonchev–Trinajstić information content (AvgIpc) is 2.67. The van der Waals surface area contributed by atoms with Gasteiger partial charge in [0.05, 0.1) is 18.2 Å². The predicted octanol–water partition coefficient (Wildman–Crippen LogP) is 3.49. The minimum absolute atomic E-state index is 0.0783. The number of anilines is 1. The number of hydrazone groups is 1. The second-order valence-corrected chi connectivity index (χ2v) is 5.52. The van der Waals surface area contributed by atoms with Gasteiger partial charge in [0.2, 0.25) is 0 Å². The van der Waals surface area contributed by atoms with E-state index in [1.54, 1.807) is 49.6 Å². The number of rotatable bonds is 8. The summed E-state index contributed by atoms with van der Waals surface area (Å²) >= 11 is 5.10. The molecule has 0 saturated heterocycles. The molecule has 0 unspecified atom stereocenters. The lowest BCUT2D eigenvalue weighted by molar-refractivity contribution is -0.383. The van der Waals surface area contributed by atoms with E-state index in [-0.39, 0.29) is 16.5 Å². The molecule has 0 amide bonds. The van der Waals surface area contributed by atoms with Gasteiger partial charge >= 0.3 is 0 Å². The first kappa shape index (κ1) is 19.9. The second-order valence-electron chi connectivity index (χ2n) is 5.11. The summed E-state index contributed by atoms with van der Waals surface area (Å²) in [5.74, 6) is 1.15. The minimum Gasteiger partial charge on any atom is -0.493 e. The zero-order valence-electron chi connectivity index (χ0n) is 14.5. The number of ether oxygens (including phenoxy) is 2. The number of para-hydroxylation sites is 2. The summed E-state index contributed by atoms with van der Waals surface area (Å²) in [6.45, 7) is 3.97. The lowest BCUT2D eigenvalue weighted by Crippen LogP contribution is -2.24. The summed E-state index contributed by atoms with van der Waals surface area (Å²) in [6.07, 6.45) is 3.18. The third-order valence-corrected chi connectivity index (χ3v) is 3.47. The molecule has 8 nitrogen and oxygen atoms in total. The number of nitro groups is 1. The number of nitrogens with zero attached hydrogens (tertiary/aromatic N) is 2. The first-order valence-corrected chi connectivity index (χ1v) is 8.21. The van der Waals surface area contributed by atoms with E-state index in [4.69, 9.17) is 21.7 Å². The fourth-order valence-electron chi connectivity index (χ4n) is 2.09. The summed E-state index contributed by atoms with van der Waals surface area (Å²) in [5, 5.41) is 17.9. The first-order chi connectivity index (χ1) is 13.0. The third kappa shape index (κ3) is 5.79. The van der Waals surface area contributed by atoms with Gasteiger partial charge in [0, 0.05) is 6.07 Å². The Kier molecular flexibility index (Phi) is 7.26. The molecular weight excluding hydrogens is 368 g/mol. The van der Waals surface area contributed by atoms with Crippen molar-refractivity contribution < 1.29 is 14.4 Å². The highest BCUT2D eigenvalue weighted by molar-refractivity contribution is 7.80. The van der Waals surface area contributed by atoms with Crippen LogP contribution in [-0.4, -0.2) is 30.0 Å². The molecule has 0 fully saturated rings. The van der Waals surface area contributed by atoms with E-state index in [2.05, 4.69) is 22.4 Å². The van der Waals surface area contributed by atoms with Gasteiger partial charge in [-0.15, -0.1) is 0 Å². The van der Waals surface area contributed by atoms with Crippen molar-refractivity contribution in [3.05, 3.63) is 70.8 Å². The van der Waals surface area contributed by atoms with Crippen LogP contribution in [0.4, 0.5) is 11.4 Å². The molecule has 0 atom stereocenters. The topological polar surface area (TPSA) is 98.0 Å². The Morgan fingerprint density at radius 3 is 2.81 bits per heavy atom. The zero-order chi connectivity index (χ0) is 19.6. The predicted molar refractivity (Wildman–Crippen MR) is 109 cm³/mol. The molecule has 0 radical (unpaired) electrons. The van der Waals surface area contributed by atoms with Gasteiger partial charge in [0.1, 0.15) is 12.3 Å². The number of nitrogens with one attached hydrogen (secondary N) is 2. The smallest absolute Gasteiger partial charge is 0.292 e. The van der Waals surface area contributed by atoms with Gasteiger partial charge in [0.15, 0.2) is 16.6 Å². The largest absolute Gasteiger partial charge is 0.493 e. The van der Waals surface area contributed by atoms with Crippen LogP contribution in [0.2, 0.25) is 0 Å². The van der Waals surface area contributed by atoms with Crippen LogP contribution in [0.3, 0.4) is 0 Å². The molecule has 140 valence electrons. The molecule has 27 heavy (non-hydrogen) atoms.